The molecule has 0 radical (unpaired) electrons. The van der Waals surface area contributed by atoms with Crippen molar-refractivity contribution in [3.05, 3.63) is 260 Å². The molecule has 4 heteroatoms. The molecule has 0 fully saturated rings. The van der Waals surface area contributed by atoms with Crippen LogP contribution in [-0.2, 0) is 25.8 Å². The zero-order valence-corrected chi connectivity index (χ0v) is 35.6. The van der Waals surface area contributed by atoms with Gasteiger partial charge in [-0.2, -0.15) is 73.9 Å². The van der Waals surface area contributed by atoms with Gasteiger partial charge in [0, 0.05) is 7.05 Å². The minimum absolute atomic E-state index is 0. The molecule has 6 aromatic carbocycles. The molecule has 1 heterocycles. The van der Waals surface area contributed by atoms with E-state index >= 15 is 0 Å². The fraction of sp³-hybridized carbons (Fsp3) is 0.0816. The van der Waals surface area contributed by atoms with Crippen molar-refractivity contribution in [3.63, 3.8) is 0 Å². The Hall–Kier alpha value is -4.95. The molecule has 7 aromatic rings. The van der Waals surface area contributed by atoms with E-state index in [-0.39, 0.29) is 31.6 Å². The Morgan fingerprint density at radius 1 is 0.491 bits per heavy atom. The molecular weight excluding hydrogens is 826 g/mol. The van der Waals surface area contributed by atoms with Crippen LogP contribution >= 0.6 is 7.92 Å². The minimum Gasteiger partial charge on any atom is -0.679 e. The van der Waals surface area contributed by atoms with Crippen molar-refractivity contribution in [2.45, 2.75) is 26.6 Å². The van der Waals surface area contributed by atoms with Gasteiger partial charge in [-0.1, -0.05) is 140 Å². The third kappa shape index (κ3) is 14.2. The van der Waals surface area contributed by atoms with Gasteiger partial charge in [0.05, 0.1) is 11.9 Å². The van der Waals surface area contributed by atoms with Crippen LogP contribution in [0.4, 0.5) is 5.69 Å². The van der Waals surface area contributed by atoms with Crippen LogP contribution in [0.25, 0.3) is 5.32 Å². The predicted molar refractivity (Wildman–Crippen MR) is 226 cm³/mol. The average Bonchev–Trinajstić information content (AvgIpc) is 3.15. The van der Waals surface area contributed by atoms with E-state index in [1.54, 1.807) is 0 Å². The fourth-order valence-corrected chi connectivity index (χ4v) is 8.10. The summed E-state index contributed by atoms with van der Waals surface area (Å²) in [5.41, 5.74) is 9.10. The van der Waals surface area contributed by atoms with Gasteiger partial charge in [0.25, 0.3) is 0 Å². The van der Waals surface area contributed by atoms with Crippen molar-refractivity contribution >= 4 is 24.2 Å². The molecule has 0 amide bonds. The summed E-state index contributed by atoms with van der Waals surface area (Å²) >= 11 is 0. The molecule has 0 saturated heterocycles. The summed E-state index contributed by atoms with van der Waals surface area (Å²) in [4.78, 5) is 0. The van der Waals surface area contributed by atoms with Crippen LogP contribution < -0.4 is 15.2 Å². The van der Waals surface area contributed by atoms with Gasteiger partial charge in [0.2, 0.25) is 0 Å². The predicted octanol–water partition coefficient (Wildman–Crippen LogP) is 12.0. The van der Waals surface area contributed by atoms with E-state index in [9.17, 15) is 0 Å². The standard InChI is InChI=1S/C28H28N2P.3C7H7.Hf/c1-21-19-22(2)27(23(3)20-21)29-28(26-17-11-12-18-30(26)4)31(24-13-7-5-8-14-24)25-15-9-6-10-16-25;3*1-7-5-3-2-4-6-7;/h5-20,28H,4H2,1-3H3;3*2-6H,1H2;/q4*-1;+4. The maximum Gasteiger partial charge on any atom is 4.00 e. The van der Waals surface area contributed by atoms with Gasteiger partial charge < -0.3 is 9.88 Å². The number of nitrogens with zero attached hydrogens (tertiary/aromatic N) is 2. The summed E-state index contributed by atoms with van der Waals surface area (Å²) in [6.07, 6.45) is 2.01. The number of rotatable bonds is 6. The van der Waals surface area contributed by atoms with Crippen molar-refractivity contribution in [3.8, 4) is 0 Å². The van der Waals surface area contributed by atoms with Gasteiger partial charge in [0.15, 0.2) is 0 Å². The molecule has 0 N–H and O–H groups in total. The number of benzene rings is 6. The van der Waals surface area contributed by atoms with E-state index in [4.69, 9.17) is 5.32 Å². The molecule has 1 aromatic heterocycles. The molecule has 264 valence electrons. The van der Waals surface area contributed by atoms with Crippen molar-refractivity contribution in [1.29, 1.82) is 0 Å². The van der Waals surface area contributed by atoms with E-state index in [0.717, 1.165) is 28.1 Å². The molecule has 2 nitrogen and oxygen atoms in total. The molecule has 0 aliphatic heterocycles. The smallest absolute Gasteiger partial charge is 0.679 e. The molecular formula is C49H49HfN2P. The fourth-order valence-electron chi connectivity index (χ4n) is 5.52. The van der Waals surface area contributed by atoms with E-state index in [0.29, 0.717) is 0 Å². The van der Waals surface area contributed by atoms with Crippen molar-refractivity contribution < 1.29 is 30.4 Å². The molecule has 53 heavy (non-hydrogen) atoms. The third-order valence-corrected chi connectivity index (χ3v) is 10.5. The Morgan fingerprint density at radius 2 is 0.830 bits per heavy atom. The largest absolute Gasteiger partial charge is 4.00 e. The average molecular weight is 875 g/mol. The Morgan fingerprint density at radius 3 is 1.15 bits per heavy atom. The second-order valence-corrected chi connectivity index (χ2v) is 14.6. The van der Waals surface area contributed by atoms with E-state index in [2.05, 4.69) is 134 Å². The van der Waals surface area contributed by atoms with Crippen LogP contribution in [0.2, 0.25) is 0 Å². The van der Waals surface area contributed by atoms with Gasteiger partial charge in [-0.15, -0.1) is 42.1 Å². The first-order valence-corrected chi connectivity index (χ1v) is 18.7. The van der Waals surface area contributed by atoms with E-state index < -0.39 is 7.92 Å². The van der Waals surface area contributed by atoms with Gasteiger partial charge in [-0.3, -0.25) is 0 Å². The van der Waals surface area contributed by atoms with Crippen LogP contribution in [0.3, 0.4) is 0 Å². The number of aryl methyl sites for hydroxylation is 3. The number of pyridine rings is 1. The first-order valence-electron chi connectivity index (χ1n) is 17.3. The van der Waals surface area contributed by atoms with E-state index in [1.807, 2.05) is 108 Å². The van der Waals surface area contributed by atoms with Crippen LogP contribution in [-0.4, -0.2) is 0 Å². The summed E-state index contributed by atoms with van der Waals surface area (Å²) in [5, 5.41) is 8.07. The van der Waals surface area contributed by atoms with Crippen LogP contribution in [0, 0.1) is 48.6 Å². The Balaban J connectivity index is 0.000000275. The summed E-state index contributed by atoms with van der Waals surface area (Å²) < 4.78 is 1.97. The molecule has 0 spiro atoms. The maximum atomic E-state index is 5.45. The van der Waals surface area contributed by atoms with Crippen LogP contribution in [0.5, 0.6) is 0 Å². The van der Waals surface area contributed by atoms with Crippen molar-refractivity contribution in [2.75, 3.05) is 0 Å². The Kier molecular flexibility index (Phi) is 18.3. The van der Waals surface area contributed by atoms with Crippen molar-refractivity contribution in [1.82, 2.24) is 0 Å². The molecule has 7 rings (SSSR count). The van der Waals surface area contributed by atoms with Crippen molar-refractivity contribution in [2.24, 2.45) is 0 Å². The molecule has 1 unspecified atom stereocenters. The second kappa shape index (κ2) is 22.9. The first kappa shape index (κ1) is 42.5. The summed E-state index contributed by atoms with van der Waals surface area (Å²) in [6, 6.07) is 61.9. The molecule has 0 saturated carbocycles. The van der Waals surface area contributed by atoms with E-state index in [1.165, 1.54) is 27.3 Å². The first-order chi connectivity index (χ1) is 25.2. The van der Waals surface area contributed by atoms with Crippen LogP contribution in [0.15, 0.2) is 188 Å². The third-order valence-electron chi connectivity index (χ3n) is 7.97. The zero-order valence-electron chi connectivity index (χ0n) is 31.1. The molecule has 0 bridgehead atoms. The summed E-state index contributed by atoms with van der Waals surface area (Å²) in [6.45, 7) is 17.6. The molecule has 0 aliphatic rings. The SMILES string of the molecule is [CH2-][n+]1ccccc1C([N-]c1c(C)cc(C)cc1C)P(c1ccccc1)c1ccccc1.[CH2-]c1ccccc1.[CH2-]c1ccccc1.[CH2-]c1ccccc1.[Hf+4]. The van der Waals surface area contributed by atoms with Gasteiger partial charge in [0.1, 0.15) is 0 Å². The molecule has 0 aliphatic carbocycles. The molecule has 1 atom stereocenters. The Bertz CT molecular complexity index is 1870. The van der Waals surface area contributed by atoms with Gasteiger partial charge >= 0.3 is 25.8 Å². The summed E-state index contributed by atoms with van der Waals surface area (Å²) in [5.74, 6) is -0.0568. The number of aromatic nitrogens is 1. The summed E-state index contributed by atoms with van der Waals surface area (Å²) in [7, 11) is 3.49. The zero-order chi connectivity index (χ0) is 37.1. The second-order valence-electron chi connectivity index (χ2n) is 12.3. The normalized spacial score (nSPS) is 10.4. The quantitative estimate of drug-likeness (QED) is 0.0686. The number of hydrogen-bond acceptors (Lipinski definition) is 0. The van der Waals surface area contributed by atoms with Gasteiger partial charge in [-0.25, -0.2) is 0 Å². The number of hydrogen-bond donors (Lipinski definition) is 0. The van der Waals surface area contributed by atoms with Gasteiger partial charge in [-0.05, 0) is 31.4 Å². The monoisotopic (exact) mass is 876 g/mol. The maximum absolute atomic E-state index is 5.45. The minimum atomic E-state index is -0.790. The van der Waals surface area contributed by atoms with Crippen LogP contribution in [0.1, 0.15) is 44.9 Å². The topological polar surface area (TPSA) is 18.0 Å². The Labute approximate surface area is 339 Å².